The second-order valence-electron chi connectivity index (χ2n) is 5.04. The summed E-state index contributed by atoms with van der Waals surface area (Å²) in [6, 6.07) is -0.719. The minimum Gasteiger partial charge on any atom is -0.341 e. The number of carbonyl (C=O) groups is 1. The Morgan fingerprint density at radius 1 is 1.32 bits per heavy atom. The Hall–Kier alpha value is -0.660. The van der Waals surface area contributed by atoms with Gasteiger partial charge < -0.3 is 10.6 Å². The quantitative estimate of drug-likeness (QED) is 0.723. The number of sulfonamides is 1. The van der Waals surface area contributed by atoms with Crippen LogP contribution in [0.3, 0.4) is 0 Å². The number of likely N-dealkylation sites (tertiary alicyclic amines) is 1. The number of carbonyl (C=O) groups excluding carboxylic acids is 1. The van der Waals surface area contributed by atoms with Crippen LogP contribution in [0.5, 0.6) is 0 Å². The molecule has 2 atom stereocenters. The van der Waals surface area contributed by atoms with Crippen LogP contribution in [0.25, 0.3) is 0 Å². The summed E-state index contributed by atoms with van der Waals surface area (Å²) in [5, 5.41) is -0.635. The van der Waals surface area contributed by atoms with E-state index in [1.54, 1.807) is 18.7 Å². The van der Waals surface area contributed by atoms with E-state index in [9.17, 15) is 13.2 Å². The van der Waals surface area contributed by atoms with Gasteiger partial charge in [-0.15, -0.1) is 0 Å². The zero-order chi connectivity index (χ0) is 14.5. The lowest BCUT2D eigenvalue weighted by atomic mass is 10.1. The first-order valence-electron chi connectivity index (χ1n) is 6.92. The summed E-state index contributed by atoms with van der Waals surface area (Å²) in [5.41, 5.74) is 5.45. The molecule has 0 saturated carbocycles. The molecule has 2 unspecified atom stereocenters. The highest BCUT2D eigenvalue weighted by molar-refractivity contribution is 7.90. The summed E-state index contributed by atoms with van der Waals surface area (Å²) in [6.07, 6.45) is 3.56. The van der Waals surface area contributed by atoms with Gasteiger partial charge in [-0.2, -0.15) is 0 Å². The molecule has 6 nitrogen and oxygen atoms in total. The normalized spacial score (nSPS) is 20.1. The molecule has 3 N–H and O–H groups in total. The molecule has 0 bridgehead atoms. The molecule has 7 heteroatoms. The topological polar surface area (TPSA) is 92.5 Å². The van der Waals surface area contributed by atoms with Crippen molar-refractivity contribution in [3.8, 4) is 0 Å². The van der Waals surface area contributed by atoms with Crippen molar-refractivity contribution in [3.05, 3.63) is 0 Å². The van der Waals surface area contributed by atoms with Gasteiger partial charge in [0.05, 0.1) is 11.3 Å². The Morgan fingerprint density at radius 3 is 2.37 bits per heavy atom. The van der Waals surface area contributed by atoms with Crippen molar-refractivity contribution >= 4 is 15.9 Å². The second kappa shape index (κ2) is 7.21. The van der Waals surface area contributed by atoms with E-state index in [0.29, 0.717) is 6.42 Å². The smallest absolute Gasteiger partial charge is 0.240 e. The second-order valence-corrected chi connectivity index (χ2v) is 7.03. The minimum atomic E-state index is -3.53. The minimum absolute atomic E-state index is 0.0659. The average Bonchev–Trinajstić information content (AvgIpc) is 2.39. The molecular formula is C12H25N3O3S. The van der Waals surface area contributed by atoms with Gasteiger partial charge in [-0.05, 0) is 32.6 Å². The van der Waals surface area contributed by atoms with E-state index in [4.69, 9.17) is 5.73 Å². The van der Waals surface area contributed by atoms with E-state index in [0.717, 1.165) is 32.4 Å². The first-order valence-corrected chi connectivity index (χ1v) is 8.47. The molecule has 1 aliphatic heterocycles. The molecule has 1 aliphatic rings. The van der Waals surface area contributed by atoms with Crippen molar-refractivity contribution in [1.82, 2.24) is 9.62 Å². The fraction of sp³-hybridized carbons (Fsp3) is 0.917. The number of hydrogen-bond donors (Lipinski definition) is 2. The Balaban J connectivity index is 2.62. The van der Waals surface area contributed by atoms with Crippen LogP contribution in [0.15, 0.2) is 0 Å². The molecule has 1 saturated heterocycles. The summed E-state index contributed by atoms with van der Waals surface area (Å²) in [6.45, 7) is 4.88. The maximum absolute atomic E-state index is 12.1. The Kier molecular flexibility index (Phi) is 6.22. The highest BCUT2D eigenvalue weighted by Crippen LogP contribution is 2.11. The standard InChI is InChI=1S/C12H25N3O3S/c1-3-11(9-13)19(17,18)14-10(2)12(16)15-7-5-4-6-8-15/h10-11,14H,3-9,13H2,1-2H3. The molecule has 0 radical (unpaired) electrons. The Labute approximate surface area is 115 Å². The Bertz CT molecular complexity index is 387. The Morgan fingerprint density at radius 2 is 1.89 bits per heavy atom. The van der Waals surface area contributed by atoms with Gasteiger partial charge in [-0.25, -0.2) is 13.1 Å². The molecule has 1 heterocycles. The highest BCUT2D eigenvalue weighted by atomic mass is 32.2. The van der Waals surface area contributed by atoms with Gasteiger partial charge >= 0.3 is 0 Å². The van der Waals surface area contributed by atoms with E-state index in [2.05, 4.69) is 4.72 Å². The molecule has 19 heavy (non-hydrogen) atoms. The van der Waals surface area contributed by atoms with Crippen LogP contribution in [0.4, 0.5) is 0 Å². The number of amides is 1. The molecular weight excluding hydrogens is 266 g/mol. The van der Waals surface area contributed by atoms with Crippen LogP contribution < -0.4 is 10.5 Å². The number of rotatable bonds is 6. The molecule has 0 aliphatic carbocycles. The van der Waals surface area contributed by atoms with Gasteiger partial charge in [0.1, 0.15) is 0 Å². The molecule has 0 aromatic heterocycles. The van der Waals surface area contributed by atoms with Crippen molar-refractivity contribution in [2.75, 3.05) is 19.6 Å². The molecule has 0 aromatic rings. The number of piperidine rings is 1. The van der Waals surface area contributed by atoms with Crippen LogP contribution in [-0.4, -0.2) is 50.2 Å². The van der Waals surface area contributed by atoms with Crippen molar-refractivity contribution in [1.29, 1.82) is 0 Å². The van der Waals surface area contributed by atoms with Gasteiger partial charge in [0.2, 0.25) is 15.9 Å². The van der Waals surface area contributed by atoms with E-state index >= 15 is 0 Å². The lowest BCUT2D eigenvalue weighted by molar-refractivity contribution is -0.133. The molecule has 1 fully saturated rings. The van der Waals surface area contributed by atoms with Gasteiger partial charge in [0, 0.05) is 19.6 Å². The summed E-state index contributed by atoms with van der Waals surface area (Å²) in [7, 11) is -3.53. The maximum Gasteiger partial charge on any atom is 0.240 e. The molecule has 0 spiro atoms. The summed E-state index contributed by atoms with van der Waals surface area (Å²) < 4.78 is 26.5. The van der Waals surface area contributed by atoms with E-state index < -0.39 is 21.3 Å². The molecule has 0 aromatic carbocycles. The maximum atomic E-state index is 12.1. The third-order valence-corrected chi connectivity index (χ3v) is 5.62. The predicted molar refractivity (Wildman–Crippen MR) is 75.1 cm³/mol. The predicted octanol–water partition coefficient (Wildman–Crippen LogP) is 0.0441. The third-order valence-electron chi connectivity index (χ3n) is 3.54. The lowest BCUT2D eigenvalue weighted by Gasteiger charge is -2.29. The summed E-state index contributed by atoms with van der Waals surface area (Å²) >= 11 is 0. The molecule has 112 valence electrons. The summed E-state index contributed by atoms with van der Waals surface area (Å²) in [5.74, 6) is -0.143. The fourth-order valence-corrected chi connectivity index (χ4v) is 3.77. The van der Waals surface area contributed by atoms with Gasteiger partial charge in [-0.3, -0.25) is 4.79 Å². The van der Waals surface area contributed by atoms with Crippen molar-refractivity contribution < 1.29 is 13.2 Å². The largest absolute Gasteiger partial charge is 0.341 e. The van der Waals surface area contributed by atoms with E-state index in [-0.39, 0.29) is 12.5 Å². The zero-order valence-electron chi connectivity index (χ0n) is 11.8. The number of hydrogen-bond acceptors (Lipinski definition) is 4. The first-order chi connectivity index (χ1) is 8.92. The number of nitrogens with one attached hydrogen (secondary N) is 1. The highest BCUT2D eigenvalue weighted by Gasteiger charge is 2.29. The van der Waals surface area contributed by atoms with Gasteiger partial charge in [0.15, 0.2) is 0 Å². The average molecular weight is 291 g/mol. The summed E-state index contributed by atoms with van der Waals surface area (Å²) in [4.78, 5) is 13.9. The van der Waals surface area contributed by atoms with Crippen molar-refractivity contribution in [3.63, 3.8) is 0 Å². The van der Waals surface area contributed by atoms with Crippen LogP contribution in [0, 0.1) is 0 Å². The lowest BCUT2D eigenvalue weighted by Crippen LogP contribution is -2.51. The van der Waals surface area contributed by atoms with Crippen molar-refractivity contribution in [2.45, 2.75) is 50.8 Å². The first kappa shape index (κ1) is 16.4. The van der Waals surface area contributed by atoms with Gasteiger partial charge in [-0.1, -0.05) is 6.92 Å². The molecule has 1 amide bonds. The van der Waals surface area contributed by atoms with E-state index in [1.807, 2.05) is 0 Å². The van der Waals surface area contributed by atoms with Crippen LogP contribution in [-0.2, 0) is 14.8 Å². The fourth-order valence-electron chi connectivity index (χ4n) is 2.29. The van der Waals surface area contributed by atoms with Crippen LogP contribution >= 0.6 is 0 Å². The number of nitrogens with two attached hydrogens (primary N) is 1. The monoisotopic (exact) mass is 291 g/mol. The van der Waals surface area contributed by atoms with Crippen molar-refractivity contribution in [2.24, 2.45) is 5.73 Å². The number of nitrogens with zero attached hydrogens (tertiary/aromatic N) is 1. The SMILES string of the molecule is CCC(CN)S(=O)(=O)NC(C)C(=O)N1CCCCC1. The third kappa shape index (κ3) is 4.43. The van der Waals surface area contributed by atoms with E-state index in [1.165, 1.54) is 0 Å². The van der Waals surface area contributed by atoms with Crippen LogP contribution in [0.2, 0.25) is 0 Å². The van der Waals surface area contributed by atoms with Gasteiger partial charge in [0.25, 0.3) is 0 Å². The zero-order valence-corrected chi connectivity index (χ0v) is 12.6. The van der Waals surface area contributed by atoms with Crippen LogP contribution in [0.1, 0.15) is 39.5 Å². The molecule has 1 rings (SSSR count).